The highest BCUT2D eigenvalue weighted by molar-refractivity contribution is 5.65. The van der Waals surface area contributed by atoms with Crippen LogP contribution in [0, 0.1) is 0 Å². The predicted octanol–water partition coefficient (Wildman–Crippen LogP) is 2.13. The average molecular weight is 191 g/mol. The van der Waals surface area contributed by atoms with Gasteiger partial charge in [-0.1, -0.05) is 24.3 Å². The molecule has 14 heavy (non-hydrogen) atoms. The van der Waals surface area contributed by atoms with E-state index in [9.17, 15) is 4.39 Å². The molecule has 4 heteroatoms. The average Bonchev–Trinajstić information content (AvgIpc) is 2.65. The van der Waals surface area contributed by atoms with Gasteiger partial charge in [-0.05, 0) is 5.56 Å². The number of hydrogen-bond donors (Lipinski definition) is 2. The summed E-state index contributed by atoms with van der Waals surface area (Å²) in [5, 5.41) is 6.55. The van der Waals surface area contributed by atoms with Crippen LogP contribution in [0.4, 0.5) is 10.2 Å². The molecule has 0 amide bonds. The van der Waals surface area contributed by atoms with Gasteiger partial charge in [0.2, 0.25) is 0 Å². The number of halogens is 1. The summed E-state index contributed by atoms with van der Waals surface area (Å²) in [5.41, 5.74) is 7.66. The molecule has 72 valence electrons. The number of aromatic amines is 1. The van der Waals surface area contributed by atoms with E-state index in [1.807, 2.05) is 12.1 Å². The lowest BCUT2D eigenvalue weighted by Gasteiger charge is -2.02. The molecule has 0 aliphatic heterocycles. The Morgan fingerprint density at radius 2 is 2.14 bits per heavy atom. The van der Waals surface area contributed by atoms with E-state index in [1.54, 1.807) is 18.2 Å². The maximum Gasteiger partial charge on any atom is 0.145 e. The Kier molecular flexibility index (Phi) is 2.18. The molecule has 2 rings (SSSR count). The summed E-state index contributed by atoms with van der Waals surface area (Å²) in [6, 6.07) is 8.92. The second-order valence-electron chi connectivity index (χ2n) is 3.00. The summed E-state index contributed by atoms with van der Waals surface area (Å²) in [6.07, 6.45) is 0. The molecule has 0 spiro atoms. The molecule has 0 atom stereocenters. The lowest BCUT2D eigenvalue weighted by molar-refractivity contribution is 0.486. The van der Waals surface area contributed by atoms with Crippen molar-refractivity contribution < 1.29 is 4.39 Å². The Morgan fingerprint density at radius 3 is 2.79 bits per heavy atom. The molecule has 0 radical (unpaired) electrons. The number of nitrogens with one attached hydrogen (secondary N) is 1. The van der Waals surface area contributed by atoms with Crippen LogP contribution >= 0.6 is 0 Å². The maximum absolute atomic E-state index is 12.6. The number of benzene rings is 1. The van der Waals surface area contributed by atoms with Crippen molar-refractivity contribution in [3.8, 4) is 11.3 Å². The third-order valence-corrected chi connectivity index (χ3v) is 2.05. The topological polar surface area (TPSA) is 54.7 Å². The van der Waals surface area contributed by atoms with Gasteiger partial charge in [0.25, 0.3) is 0 Å². The van der Waals surface area contributed by atoms with E-state index in [4.69, 9.17) is 5.73 Å². The van der Waals surface area contributed by atoms with Crippen LogP contribution in [-0.2, 0) is 6.67 Å². The largest absolute Gasteiger partial charge is 0.382 e. The first-order chi connectivity index (χ1) is 6.81. The Hall–Kier alpha value is -1.84. The normalized spacial score (nSPS) is 10.4. The zero-order valence-corrected chi connectivity index (χ0v) is 7.50. The number of hydrogen-bond acceptors (Lipinski definition) is 2. The highest BCUT2D eigenvalue weighted by atomic mass is 19.1. The molecule has 1 aromatic heterocycles. The molecule has 0 bridgehead atoms. The van der Waals surface area contributed by atoms with Gasteiger partial charge in [0.1, 0.15) is 12.5 Å². The third kappa shape index (κ3) is 1.46. The van der Waals surface area contributed by atoms with Crippen LogP contribution in [-0.4, -0.2) is 10.2 Å². The lowest BCUT2D eigenvalue weighted by Crippen LogP contribution is -1.86. The van der Waals surface area contributed by atoms with E-state index in [-0.39, 0.29) is 0 Å². The van der Waals surface area contributed by atoms with Crippen molar-refractivity contribution in [3.63, 3.8) is 0 Å². The third-order valence-electron chi connectivity index (χ3n) is 2.05. The Labute approximate surface area is 80.8 Å². The number of nitrogens with zero attached hydrogens (tertiary/aromatic N) is 1. The minimum Gasteiger partial charge on any atom is -0.382 e. The standard InChI is InChI=1S/C10H10FN3/c11-6-7-3-1-2-4-8(7)9-5-10(12)14-13-9/h1-5H,6H2,(H3,12,13,14). The van der Waals surface area contributed by atoms with Crippen LogP contribution in [0.2, 0.25) is 0 Å². The van der Waals surface area contributed by atoms with Gasteiger partial charge in [0.05, 0.1) is 5.69 Å². The molecule has 0 saturated heterocycles. The monoisotopic (exact) mass is 191 g/mol. The smallest absolute Gasteiger partial charge is 0.145 e. The summed E-state index contributed by atoms with van der Waals surface area (Å²) in [4.78, 5) is 0. The summed E-state index contributed by atoms with van der Waals surface area (Å²) in [6.45, 7) is -0.491. The first kappa shape index (κ1) is 8.74. The second kappa shape index (κ2) is 3.49. The molecule has 0 fully saturated rings. The maximum atomic E-state index is 12.6. The van der Waals surface area contributed by atoms with Gasteiger partial charge in [-0.25, -0.2) is 4.39 Å². The van der Waals surface area contributed by atoms with Crippen LogP contribution in [0.3, 0.4) is 0 Å². The van der Waals surface area contributed by atoms with Gasteiger partial charge in [-0.15, -0.1) is 0 Å². The second-order valence-corrected chi connectivity index (χ2v) is 3.00. The number of rotatable bonds is 2. The molecule has 0 aliphatic rings. The number of alkyl halides is 1. The summed E-state index contributed by atoms with van der Waals surface area (Å²) in [7, 11) is 0. The highest BCUT2D eigenvalue weighted by Crippen LogP contribution is 2.23. The van der Waals surface area contributed by atoms with Crippen LogP contribution in [0.5, 0.6) is 0 Å². The van der Waals surface area contributed by atoms with E-state index < -0.39 is 6.67 Å². The van der Waals surface area contributed by atoms with Crippen LogP contribution < -0.4 is 5.73 Å². The van der Waals surface area contributed by atoms with Crippen LogP contribution in [0.15, 0.2) is 30.3 Å². The fourth-order valence-corrected chi connectivity index (χ4v) is 1.37. The van der Waals surface area contributed by atoms with Gasteiger partial charge in [-0.3, -0.25) is 5.10 Å². The summed E-state index contributed by atoms with van der Waals surface area (Å²) >= 11 is 0. The van der Waals surface area contributed by atoms with Crippen LogP contribution in [0.1, 0.15) is 5.56 Å². The zero-order valence-electron chi connectivity index (χ0n) is 7.50. The molecular formula is C10H10FN3. The molecule has 1 aromatic carbocycles. The summed E-state index contributed by atoms with van der Waals surface area (Å²) < 4.78 is 12.6. The molecule has 0 saturated carbocycles. The zero-order chi connectivity index (χ0) is 9.97. The lowest BCUT2D eigenvalue weighted by atomic mass is 10.1. The van der Waals surface area contributed by atoms with Crippen molar-refractivity contribution in [1.29, 1.82) is 0 Å². The molecule has 3 N–H and O–H groups in total. The number of aromatic nitrogens is 2. The number of nitrogens with two attached hydrogens (primary N) is 1. The van der Waals surface area contributed by atoms with E-state index in [2.05, 4.69) is 10.2 Å². The van der Waals surface area contributed by atoms with Crippen molar-refractivity contribution in [2.75, 3.05) is 5.73 Å². The number of H-pyrrole nitrogens is 1. The fraction of sp³-hybridized carbons (Fsp3) is 0.100. The highest BCUT2D eigenvalue weighted by Gasteiger charge is 2.05. The SMILES string of the molecule is Nc1cc(-c2ccccc2CF)[nH]n1. The Balaban J connectivity index is 2.50. The Morgan fingerprint density at radius 1 is 1.36 bits per heavy atom. The first-order valence-corrected chi connectivity index (χ1v) is 4.26. The number of anilines is 1. The molecule has 0 aliphatic carbocycles. The quantitative estimate of drug-likeness (QED) is 0.764. The van der Waals surface area contributed by atoms with E-state index in [0.717, 1.165) is 11.3 Å². The van der Waals surface area contributed by atoms with Gasteiger partial charge < -0.3 is 5.73 Å². The predicted molar refractivity (Wildman–Crippen MR) is 53.2 cm³/mol. The fourth-order valence-electron chi connectivity index (χ4n) is 1.37. The molecule has 3 nitrogen and oxygen atoms in total. The van der Waals surface area contributed by atoms with Crippen molar-refractivity contribution in [2.45, 2.75) is 6.67 Å². The van der Waals surface area contributed by atoms with E-state index in [1.165, 1.54) is 0 Å². The Bertz CT molecular complexity index is 436. The summed E-state index contributed by atoms with van der Waals surface area (Å²) in [5.74, 6) is 0.411. The first-order valence-electron chi connectivity index (χ1n) is 4.26. The minimum absolute atomic E-state index is 0.411. The van der Waals surface area contributed by atoms with Crippen molar-refractivity contribution in [2.24, 2.45) is 0 Å². The molecule has 0 unspecified atom stereocenters. The van der Waals surface area contributed by atoms with Gasteiger partial charge in [0, 0.05) is 11.6 Å². The van der Waals surface area contributed by atoms with Gasteiger partial charge in [0.15, 0.2) is 0 Å². The van der Waals surface area contributed by atoms with Crippen molar-refractivity contribution in [1.82, 2.24) is 10.2 Å². The molecular weight excluding hydrogens is 181 g/mol. The van der Waals surface area contributed by atoms with Gasteiger partial charge in [-0.2, -0.15) is 5.10 Å². The van der Waals surface area contributed by atoms with Crippen LogP contribution in [0.25, 0.3) is 11.3 Å². The van der Waals surface area contributed by atoms with Crippen molar-refractivity contribution in [3.05, 3.63) is 35.9 Å². The van der Waals surface area contributed by atoms with E-state index in [0.29, 0.717) is 11.4 Å². The van der Waals surface area contributed by atoms with E-state index >= 15 is 0 Å². The van der Waals surface area contributed by atoms with Gasteiger partial charge >= 0.3 is 0 Å². The van der Waals surface area contributed by atoms with Crippen molar-refractivity contribution >= 4 is 5.82 Å². The molecule has 1 heterocycles. The molecule has 2 aromatic rings. The number of nitrogen functional groups attached to an aromatic ring is 1. The minimum atomic E-state index is -0.491.